The molecule has 0 bridgehead atoms. The van der Waals surface area contributed by atoms with Gasteiger partial charge in [0.25, 0.3) is 5.56 Å². The Labute approximate surface area is 171 Å². The van der Waals surface area contributed by atoms with E-state index in [4.69, 9.17) is 9.31 Å². The molecule has 28 heavy (non-hydrogen) atoms. The number of aromatic amines is 1. The lowest BCUT2D eigenvalue weighted by Crippen LogP contribution is -2.41. The molecule has 0 amide bonds. The van der Waals surface area contributed by atoms with Crippen LogP contribution in [0.25, 0.3) is 10.8 Å². The number of nitrogens with one attached hydrogen (secondary N) is 2. The van der Waals surface area contributed by atoms with Crippen molar-refractivity contribution in [3.63, 3.8) is 0 Å². The van der Waals surface area contributed by atoms with Crippen LogP contribution in [0.3, 0.4) is 0 Å². The standard InChI is InChI=1S/C20H30BN3O3S/c1-12(24-28-18(2,3)4)16-15-11-13(9-10-14(15)17(25)23-22-16)21-26-19(5,6)20(7,8)27-21/h9-12,24H,1-8H3,(H,23,25). The molecule has 8 heteroatoms. The summed E-state index contributed by atoms with van der Waals surface area (Å²) in [5, 5.41) is 8.38. The molecule has 1 aliphatic rings. The Morgan fingerprint density at radius 1 is 1.14 bits per heavy atom. The first-order valence-electron chi connectivity index (χ1n) is 9.62. The highest BCUT2D eigenvalue weighted by Crippen LogP contribution is 2.36. The lowest BCUT2D eigenvalue weighted by Gasteiger charge is -2.32. The van der Waals surface area contributed by atoms with Crippen LogP contribution >= 0.6 is 11.9 Å². The van der Waals surface area contributed by atoms with Crippen molar-refractivity contribution in [1.82, 2.24) is 14.9 Å². The number of nitrogens with zero attached hydrogens (tertiary/aromatic N) is 1. The molecule has 0 aliphatic carbocycles. The second kappa shape index (κ2) is 7.16. The van der Waals surface area contributed by atoms with E-state index in [0.717, 1.165) is 16.5 Å². The fourth-order valence-corrected chi connectivity index (χ4v) is 3.62. The minimum absolute atomic E-state index is 0.0443. The number of hydrogen-bond donors (Lipinski definition) is 2. The summed E-state index contributed by atoms with van der Waals surface area (Å²) >= 11 is 1.65. The summed E-state index contributed by atoms with van der Waals surface area (Å²) in [5.41, 5.74) is 0.648. The predicted octanol–water partition coefficient (Wildman–Crippen LogP) is 3.32. The summed E-state index contributed by atoms with van der Waals surface area (Å²) in [6.45, 7) is 16.6. The maximum absolute atomic E-state index is 12.3. The quantitative estimate of drug-likeness (QED) is 0.603. The second-order valence-corrected chi connectivity index (χ2v) is 11.0. The first-order chi connectivity index (χ1) is 12.8. The van der Waals surface area contributed by atoms with Crippen molar-refractivity contribution in [2.45, 2.75) is 77.4 Å². The van der Waals surface area contributed by atoms with Crippen LogP contribution < -0.4 is 15.7 Å². The zero-order valence-electron chi connectivity index (χ0n) is 18.0. The smallest absolute Gasteiger partial charge is 0.399 e. The van der Waals surface area contributed by atoms with E-state index in [1.807, 2.05) is 52.8 Å². The van der Waals surface area contributed by atoms with Crippen LogP contribution in [0.2, 0.25) is 0 Å². The second-order valence-electron chi connectivity index (χ2n) is 9.39. The fourth-order valence-electron chi connectivity index (χ4n) is 2.98. The highest BCUT2D eigenvalue weighted by Gasteiger charge is 2.51. The molecular weight excluding hydrogens is 373 g/mol. The number of fused-ring (bicyclic) bond motifs is 1. The molecule has 2 N–H and O–H groups in total. The Kier molecular flexibility index (Phi) is 5.47. The minimum atomic E-state index is -0.478. The zero-order valence-corrected chi connectivity index (χ0v) is 18.8. The monoisotopic (exact) mass is 403 g/mol. The van der Waals surface area contributed by atoms with Crippen LogP contribution in [-0.2, 0) is 9.31 Å². The van der Waals surface area contributed by atoms with Gasteiger partial charge in [-0.2, -0.15) is 5.10 Å². The Morgan fingerprint density at radius 2 is 1.75 bits per heavy atom. The van der Waals surface area contributed by atoms with Crippen LogP contribution in [0, 0.1) is 0 Å². The van der Waals surface area contributed by atoms with Crippen molar-refractivity contribution in [1.29, 1.82) is 0 Å². The molecule has 1 unspecified atom stereocenters. The van der Waals surface area contributed by atoms with E-state index in [1.165, 1.54) is 0 Å². The summed E-state index contributed by atoms with van der Waals surface area (Å²) in [5.74, 6) is 0. The van der Waals surface area contributed by atoms with E-state index < -0.39 is 18.3 Å². The van der Waals surface area contributed by atoms with E-state index in [1.54, 1.807) is 11.9 Å². The highest BCUT2D eigenvalue weighted by atomic mass is 32.2. The van der Waals surface area contributed by atoms with Crippen LogP contribution in [0.4, 0.5) is 0 Å². The van der Waals surface area contributed by atoms with E-state index in [2.05, 4.69) is 35.7 Å². The van der Waals surface area contributed by atoms with Crippen LogP contribution in [0.1, 0.15) is 67.1 Å². The van der Waals surface area contributed by atoms with Gasteiger partial charge in [0.1, 0.15) is 0 Å². The summed E-state index contributed by atoms with van der Waals surface area (Å²) < 4.78 is 15.9. The maximum atomic E-state index is 12.3. The van der Waals surface area contributed by atoms with Gasteiger partial charge in [0.2, 0.25) is 0 Å². The summed E-state index contributed by atoms with van der Waals surface area (Å²) in [4.78, 5) is 12.3. The Hall–Kier alpha value is -1.35. The largest absolute Gasteiger partial charge is 0.494 e. The van der Waals surface area contributed by atoms with Gasteiger partial charge in [-0.3, -0.25) is 9.52 Å². The lowest BCUT2D eigenvalue weighted by atomic mass is 9.78. The Balaban J connectivity index is 2.00. The third-order valence-electron chi connectivity index (χ3n) is 5.32. The van der Waals surface area contributed by atoms with Gasteiger partial charge < -0.3 is 9.31 Å². The Bertz CT molecular complexity index is 920. The molecule has 152 valence electrons. The van der Waals surface area contributed by atoms with E-state index in [9.17, 15) is 4.79 Å². The number of benzene rings is 1. The van der Waals surface area contributed by atoms with Crippen molar-refractivity contribution in [3.05, 3.63) is 34.2 Å². The summed E-state index contributed by atoms with van der Waals surface area (Å²) in [7, 11) is -0.478. The molecular formula is C20H30BN3O3S. The molecule has 3 rings (SSSR count). The predicted molar refractivity (Wildman–Crippen MR) is 117 cm³/mol. The topological polar surface area (TPSA) is 76.2 Å². The molecule has 0 saturated carbocycles. The molecule has 1 atom stereocenters. The van der Waals surface area contributed by atoms with Gasteiger partial charge in [0.15, 0.2) is 0 Å². The number of hydrogen-bond acceptors (Lipinski definition) is 6. The van der Waals surface area contributed by atoms with Crippen molar-refractivity contribution in [2.75, 3.05) is 0 Å². The van der Waals surface area contributed by atoms with Crippen molar-refractivity contribution >= 4 is 35.3 Å². The van der Waals surface area contributed by atoms with Crippen LogP contribution in [0.15, 0.2) is 23.0 Å². The zero-order chi connectivity index (χ0) is 20.9. The molecule has 1 saturated heterocycles. The SMILES string of the molecule is CC(NSC(C)(C)C)c1n[nH]c(=O)c2ccc(B3OC(C)(C)C(C)(C)O3)cc12. The van der Waals surface area contributed by atoms with Gasteiger partial charge in [0.05, 0.1) is 28.3 Å². The van der Waals surface area contributed by atoms with Crippen molar-refractivity contribution < 1.29 is 9.31 Å². The molecule has 2 heterocycles. The number of rotatable bonds is 4. The van der Waals surface area contributed by atoms with Crippen LogP contribution in [-0.4, -0.2) is 33.3 Å². The van der Waals surface area contributed by atoms with E-state index in [0.29, 0.717) is 5.39 Å². The van der Waals surface area contributed by atoms with Gasteiger partial charge in [-0.25, -0.2) is 5.10 Å². The van der Waals surface area contributed by atoms with Gasteiger partial charge >= 0.3 is 7.12 Å². The van der Waals surface area contributed by atoms with E-state index >= 15 is 0 Å². The van der Waals surface area contributed by atoms with Crippen molar-refractivity contribution in [3.8, 4) is 0 Å². The minimum Gasteiger partial charge on any atom is -0.399 e. The molecule has 6 nitrogen and oxygen atoms in total. The first kappa shape index (κ1) is 21.4. The fraction of sp³-hybridized carbons (Fsp3) is 0.600. The van der Waals surface area contributed by atoms with Gasteiger partial charge in [0, 0.05) is 10.1 Å². The molecule has 2 aromatic rings. The van der Waals surface area contributed by atoms with Crippen molar-refractivity contribution in [2.24, 2.45) is 0 Å². The van der Waals surface area contributed by atoms with E-state index in [-0.39, 0.29) is 16.3 Å². The summed E-state index contributed by atoms with van der Waals surface area (Å²) in [6, 6.07) is 5.64. The van der Waals surface area contributed by atoms with Gasteiger partial charge in [-0.15, -0.1) is 0 Å². The maximum Gasteiger partial charge on any atom is 0.494 e. The number of aromatic nitrogens is 2. The van der Waals surface area contributed by atoms with Crippen LogP contribution in [0.5, 0.6) is 0 Å². The lowest BCUT2D eigenvalue weighted by molar-refractivity contribution is 0.00578. The molecule has 0 radical (unpaired) electrons. The number of H-pyrrole nitrogens is 1. The third kappa shape index (κ3) is 4.15. The molecule has 1 aromatic heterocycles. The normalized spacial score (nSPS) is 19.9. The molecule has 1 aliphatic heterocycles. The molecule has 1 aromatic carbocycles. The van der Waals surface area contributed by atoms with Gasteiger partial charge in [-0.1, -0.05) is 24.1 Å². The molecule has 1 fully saturated rings. The van der Waals surface area contributed by atoms with Gasteiger partial charge in [-0.05, 0) is 66.9 Å². The summed E-state index contributed by atoms with van der Waals surface area (Å²) in [6.07, 6.45) is 0. The highest BCUT2D eigenvalue weighted by molar-refractivity contribution is 7.98. The average Bonchev–Trinajstić information content (AvgIpc) is 2.80. The average molecular weight is 403 g/mol. The molecule has 0 spiro atoms. The Morgan fingerprint density at radius 3 is 2.32 bits per heavy atom. The third-order valence-corrected chi connectivity index (χ3v) is 6.40. The first-order valence-corrected chi connectivity index (χ1v) is 10.4.